The second kappa shape index (κ2) is 8.02. The fourth-order valence-corrected chi connectivity index (χ4v) is 3.28. The SMILES string of the molecule is CCCCC(CC)CNc1sc(C(C)=O)c(N)c1C(N)=O. The third kappa shape index (κ3) is 4.46. The molecule has 1 heterocycles. The summed E-state index contributed by atoms with van der Waals surface area (Å²) in [5.74, 6) is -0.207. The van der Waals surface area contributed by atoms with E-state index in [1.54, 1.807) is 0 Å². The molecule has 5 N–H and O–H groups in total. The molecule has 118 valence electrons. The van der Waals surface area contributed by atoms with Gasteiger partial charge in [-0.15, -0.1) is 11.3 Å². The van der Waals surface area contributed by atoms with Gasteiger partial charge in [0.25, 0.3) is 5.91 Å². The van der Waals surface area contributed by atoms with E-state index in [1.807, 2.05) is 0 Å². The molecule has 21 heavy (non-hydrogen) atoms. The van der Waals surface area contributed by atoms with Gasteiger partial charge in [0, 0.05) is 13.5 Å². The average molecular weight is 311 g/mol. The van der Waals surface area contributed by atoms with E-state index in [0.717, 1.165) is 19.4 Å². The van der Waals surface area contributed by atoms with E-state index >= 15 is 0 Å². The fourth-order valence-electron chi connectivity index (χ4n) is 2.25. The Kier molecular flexibility index (Phi) is 6.68. The van der Waals surface area contributed by atoms with Gasteiger partial charge in [0.1, 0.15) is 5.00 Å². The highest BCUT2D eigenvalue weighted by molar-refractivity contribution is 7.19. The van der Waals surface area contributed by atoms with Crippen LogP contribution in [0.15, 0.2) is 0 Å². The van der Waals surface area contributed by atoms with Crippen LogP contribution < -0.4 is 16.8 Å². The zero-order chi connectivity index (χ0) is 16.0. The number of carbonyl (C=O) groups is 2. The van der Waals surface area contributed by atoms with E-state index in [4.69, 9.17) is 11.5 Å². The minimum atomic E-state index is -0.597. The summed E-state index contributed by atoms with van der Waals surface area (Å²) in [6.45, 7) is 6.52. The molecule has 0 aliphatic rings. The Morgan fingerprint density at radius 1 is 1.33 bits per heavy atom. The van der Waals surface area contributed by atoms with Crippen molar-refractivity contribution in [3.63, 3.8) is 0 Å². The van der Waals surface area contributed by atoms with E-state index in [-0.39, 0.29) is 17.0 Å². The predicted molar refractivity (Wildman–Crippen MR) is 89.0 cm³/mol. The molecule has 5 nitrogen and oxygen atoms in total. The lowest BCUT2D eigenvalue weighted by Gasteiger charge is -2.15. The van der Waals surface area contributed by atoms with Crippen molar-refractivity contribution in [2.45, 2.75) is 46.5 Å². The molecule has 0 bridgehead atoms. The number of primary amides is 1. The summed E-state index contributed by atoms with van der Waals surface area (Å²) in [4.78, 5) is 23.5. The standard InChI is InChI=1S/C15H25N3O2S/c1-4-6-7-10(5-2)8-18-15-11(14(17)20)12(16)13(21-15)9(3)19/h10,18H,4-8,16H2,1-3H3,(H2,17,20). The van der Waals surface area contributed by atoms with E-state index in [9.17, 15) is 9.59 Å². The highest BCUT2D eigenvalue weighted by atomic mass is 32.1. The number of carbonyl (C=O) groups excluding carboxylic acids is 2. The molecule has 0 aliphatic heterocycles. The van der Waals surface area contributed by atoms with Crippen molar-refractivity contribution >= 4 is 33.7 Å². The molecule has 1 rings (SSSR count). The molecule has 1 atom stereocenters. The van der Waals surface area contributed by atoms with Crippen LogP contribution in [-0.4, -0.2) is 18.2 Å². The van der Waals surface area contributed by atoms with Crippen LogP contribution in [0.5, 0.6) is 0 Å². The lowest BCUT2D eigenvalue weighted by atomic mass is 9.99. The maximum Gasteiger partial charge on any atom is 0.253 e. The smallest absolute Gasteiger partial charge is 0.253 e. The van der Waals surface area contributed by atoms with E-state index in [1.165, 1.54) is 31.1 Å². The normalized spacial score (nSPS) is 12.1. The molecule has 6 heteroatoms. The second-order valence-corrected chi connectivity index (χ2v) is 6.29. The molecule has 0 aromatic carbocycles. The Bertz CT molecular complexity index is 511. The Hall–Kier alpha value is -1.56. The Morgan fingerprint density at radius 2 is 2.00 bits per heavy atom. The number of nitrogens with two attached hydrogens (primary N) is 2. The van der Waals surface area contributed by atoms with Gasteiger partial charge < -0.3 is 16.8 Å². The first kappa shape index (κ1) is 17.5. The number of hydrogen-bond donors (Lipinski definition) is 3. The first-order valence-electron chi connectivity index (χ1n) is 7.39. The average Bonchev–Trinajstić information content (AvgIpc) is 2.76. The van der Waals surface area contributed by atoms with Crippen molar-refractivity contribution in [3.05, 3.63) is 10.4 Å². The quantitative estimate of drug-likeness (QED) is 0.610. The molecule has 0 spiro atoms. The minimum Gasteiger partial charge on any atom is -0.397 e. The molecule has 1 amide bonds. The number of Topliss-reactive ketones (excluding diaryl/α,β-unsaturated/α-hetero) is 1. The Balaban J connectivity index is 2.89. The molecule has 0 radical (unpaired) electrons. The molecular formula is C15H25N3O2S. The maximum atomic E-state index is 11.6. The summed E-state index contributed by atoms with van der Waals surface area (Å²) >= 11 is 1.21. The van der Waals surface area contributed by atoms with Crippen LogP contribution in [0.2, 0.25) is 0 Å². The molecule has 1 aromatic rings. The number of anilines is 2. The zero-order valence-electron chi connectivity index (χ0n) is 13.0. The number of nitrogens with one attached hydrogen (secondary N) is 1. The highest BCUT2D eigenvalue weighted by Crippen LogP contribution is 2.36. The van der Waals surface area contributed by atoms with Gasteiger partial charge in [0.2, 0.25) is 0 Å². The molecular weight excluding hydrogens is 286 g/mol. The number of thiophene rings is 1. The maximum absolute atomic E-state index is 11.6. The van der Waals surface area contributed by atoms with Gasteiger partial charge in [-0.2, -0.15) is 0 Å². The number of hydrogen-bond acceptors (Lipinski definition) is 5. The zero-order valence-corrected chi connectivity index (χ0v) is 13.8. The lowest BCUT2D eigenvalue weighted by Crippen LogP contribution is -2.18. The number of rotatable bonds is 9. The van der Waals surface area contributed by atoms with Crippen molar-refractivity contribution < 1.29 is 9.59 Å². The van der Waals surface area contributed by atoms with Crippen LogP contribution in [-0.2, 0) is 0 Å². The van der Waals surface area contributed by atoms with Crippen molar-refractivity contribution in [2.75, 3.05) is 17.6 Å². The van der Waals surface area contributed by atoms with Gasteiger partial charge in [-0.25, -0.2) is 0 Å². The van der Waals surface area contributed by atoms with Crippen LogP contribution >= 0.6 is 11.3 Å². The first-order chi connectivity index (χ1) is 9.92. The van der Waals surface area contributed by atoms with E-state index in [2.05, 4.69) is 19.2 Å². The summed E-state index contributed by atoms with van der Waals surface area (Å²) < 4.78 is 0. The van der Waals surface area contributed by atoms with Crippen LogP contribution in [0.25, 0.3) is 0 Å². The molecule has 0 fully saturated rings. The predicted octanol–water partition coefficient (Wildman–Crippen LogP) is 3.26. The fraction of sp³-hybridized carbons (Fsp3) is 0.600. The van der Waals surface area contributed by atoms with E-state index < -0.39 is 5.91 Å². The van der Waals surface area contributed by atoms with Gasteiger partial charge in [-0.3, -0.25) is 9.59 Å². The summed E-state index contributed by atoms with van der Waals surface area (Å²) in [6, 6.07) is 0. The number of amides is 1. The van der Waals surface area contributed by atoms with Crippen LogP contribution in [0.1, 0.15) is 66.5 Å². The third-order valence-corrected chi connectivity index (χ3v) is 4.87. The number of nitrogen functional groups attached to an aromatic ring is 1. The van der Waals surface area contributed by atoms with Crippen LogP contribution in [0, 0.1) is 5.92 Å². The van der Waals surface area contributed by atoms with Gasteiger partial charge >= 0.3 is 0 Å². The first-order valence-corrected chi connectivity index (χ1v) is 8.20. The van der Waals surface area contributed by atoms with Gasteiger partial charge in [-0.05, 0) is 12.3 Å². The lowest BCUT2D eigenvalue weighted by molar-refractivity contribution is 0.100. The van der Waals surface area contributed by atoms with E-state index in [0.29, 0.717) is 15.8 Å². The molecule has 1 unspecified atom stereocenters. The van der Waals surface area contributed by atoms with Gasteiger partial charge in [0.15, 0.2) is 5.78 Å². The summed E-state index contributed by atoms with van der Waals surface area (Å²) in [6.07, 6.45) is 4.57. The molecule has 1 aromatic heterocycles. The summed E-state index contributed by atoms with van der Waals surface area (Å²) in [5, 5.41) is 3.87. The Morgan fingerprint density at radius 3 is 2.48 bits per heavy atom. The van der Waals surface area contributed by atoms with Crippen LogP contribution in [0.4, 0.5) is 10.7 Å². The Labute approximate surface area is 130 Å². The van der Waals surface area contributed by atoms with Crippen molar-refractivity contribution in [2.24, 2.45) is 11.7 Å². The second-order valence-electron chi connectivity index (χ2n) is 5.27. The summed E-state index contributed by atoms with van der Waals surface area (Å²) in [7, 11) is 0. The monoisotopic (exact) mass is 311 g/mol. The number of unbranched alkanes of at least 4 members (excludes halogenated alkanes) is 1. The van der Waals surface area contributed by atoms with Gasteiger partial charge in [0.05, 0.1) is 16.1 Å². The largest absolute Gasteiger partial charge is 0.397 e. The third-order valence-electron chi connectivity index (χ3n) is 3.61. The highest BCUT2D eigenvalue weighted by Gasteiger charge is 2.22. The summed E-state index contributed by atoms with van der Waals surface area (Å²) in [5.41, 5.74) is 11.7. The van der Waals surface area contributed by atoms with Gasteiger partial charge in [-0.1, -0.05) is 33.1 Å². The van der Waals surface area contributed by atoms with Crippen LogP contribution in [0.3, 0.4) is 0 Å². The van der Waals surface area contributed by atoms with Crippen molar-refractivity contribution in [1.29, 1.82) is 0 Å². The molecule has 0 saturated heterocycles. The molecule has 0 aliphatic carbocycles. The number of ketones is 1. The van der Waals surface area contributed by atoms with Crippen molar-refractivity contribution in [1.82, 2.24) is 0 Å². The molecule has 0 saturated carbocycles. The minimum absolute atomic E-state index is 0.147. The van der Waals surface area contributed by atoms with Crippen molar-refractivity contribution in [3.8, 4) is 0 Å². The topological polar surface area (TPSA) is 98.2 Å².